The van der Waals surface area contributed by atoms with Gasteiger partial charge in [0.25, 0.3) is 5.56 Å². The number of esters is 1. The highest BCUT2D eigenvalue weighted by Crippen LogP contribution is 2.34. The molecule has 1 aromatic heterocycles. The van der Waals surface area contributed by atoms with E-state index >= 15 is 0 Å². The predicted octanol–water partition coefficient (Wildman–Crippen LogP) is 3.10. The van der Waals surface area contributed by atoms with Crippen molar-refractivity contribution < 1.29 is 19.0 Å². The molecule has 0 aliphatic heterocycles. The number of hydrogen-bond donors (Lipinski definition) is 1. The van der Waals surface area contributed by atoms with Crippen LogP contribution in [0.25, 0.3) is 0 Å². The van der Waals surface area contributed by atoms with Crippen LogP contribution < -0.4 is 15.0 Å². The lowest BCUT2D eigenvalue weighted by molar-refractivity contribution is 0.0600. The summed E-state index contributed by atoms with van der Waals surface area (Å²) in [6.07, 6.45) is 0. The third-order valence-electron chi connectivity index (χ3n) is 3.67. The van der Waals surface area contributed by atoms with Crippen LogP contribution in [0.1, 0.15) is 42.4 Å². The number of nitrogens with one attached hydrogen (secondary N) is 1. The molecule has 0 aliphatic rings. The molecule has 8 heteroatoms. The maximum absolute atomic E-state index is 11.8. The van der Waals surface area contributed by atoms with Crippen LogP contribution in [-0.4, -0.2) is 30.4 Å². The van der Waals surface area contributed by atoms with E-state index in [0.29, 0.717) is 22.6 Å². The molecule has 1 aromatic carbocycles. The molecule has 0 bridgehead atoms. The second-order valence-electron chi connectivity index (χ2n) is 6.60. The number of hydrogen-bond acceptors (Lipinski definition) is 6. The van der Waals surface area contributed by atoms with E-state index in [9.17, 15) is 9.59 Å². The van der Waals surface area contributed by atoms with Gasteiger partial charge in [-0.2, -0.15) is 5.10 Å². The second-order valence-corrected chi connectivity index (χ2v) is 6.98. The first-order valence-electron chi connectivity index (χ1n) is 7.85. The minimum atomic E-state index is -0.525. The van der Waals surface area contributed by atoms with E-state index in [1.807, 2.05) is 20.8 Å². The minimum absolute atomic E-state index is 0.0601. The number of aromatic amines is 1. The first kappa shape index (κ1) is 19.8. The number of carbonyl (C=O) groups excluding carboxylic acids is 1. The number of nitrogens with zero attached hydrogens (tertiary/aromatic N) is 1. The van der Waals surface area contributed by atoms with Gasteiger partial charge in [-0.25, -0.2) is 9.89 Å². The van der Waals surface area contributed by atoms with E-state index in [1.54, 1.807) is 18.2 Å². The molecule has 0 saturated heterocycles. The molecule has 2 aromatic rings. The van der Waals surface area contributed by atoms with Gasteiger partial charge in [0.1, 0.15) is 18.1 Å². The van der Waals surface area contributed by atoms with Crippen molar-refractivity contribution in [3.05, 3.63) is 50.4 Å². The fraction of sp³-hybridized carbons (Fsp3) is 0.389. The molecule has 2 rings (SSSR count). The quantitative estimate of drug-likeness (QED) is 0.801. The van der Waals surface area contributed by atoms with E-state index in [4.69, 9.17) is 25.8 Å². The standard InChI is InChI=1S/C18H21ClN2O5/c1-18(2,3)15-14(13(19)16(22)21-20-15)26-9-11-7-6-10(17(23)25-5)8-12(11)24-4/h6-8H,9H2,1-5H3,(H,21,22). The summed E-state index contributed by atoms with van der Waals surface area (Å²) in [4.78, 5) is 23.4. The zero-order valence-electron chi connectivity index (χ0n) is 15.3. The summed E-state index contributed by atoms with van der Waals surface area (Å²) in [5, 5.41) is 6.38. The lowest BCUT2D eigenvalue weighted by atomic mass is 9.91. The summed E-state index contributed by atoms with van der Waals surface area (Å²) >= 11 is 6.13. The predicted molar refractivity (Wildman–Crippen MR) is 97.2 cm³/mol. The molecule has 140 valence electrons. The van der Waals surface area contributed by atoms with Gasteiger partial charge in [0.15, 0.2) is 10.8 Å². The molecular formula is C18H21ClN2O5. The minimum Gasteiger partial charge on any atom is -0.496 e. The van der Waals surface area contributed by atoms with Crippen molar-refractivity contribution in [3.8, 4) is 11.5 Å². The first-order chi connectivity index (χ1) is 12.2. The van der Waals surface area contributed by atoms with Crippen molar-refractivity contribution in [2.75, 3.05) is 14.2 Å². The number of carbonyl (C=O) groups is 1. The molecule has 0 unspecified atom stereocenters. The zero-order valence-corrected chi connectivity index (χ0v) is 16.1. The summed E-state index contributed by atoms with van der Waals surface area (Å²) < 4.78 is 15.8. The summed E-state index contributed by atoms with van der Waals surface area (Å²) in [5.41, 5.74) is 0.660. The number of rotatable bonds is 5. The number of methoxy groups -OCH3 is 2. The molecule has 7 nitrogen and oxygen atoms in total. The summed E-state index contributed by atoms with van der Waals surface area (Å²) in [7, 11) is 2.80. The van der Waals surface area contributed by atoms with Gasteiger partial charge >= 0.3 is 5.97 Å². The van der Waals surface area contributed by atoms with Gasteiger partial charge in [-0.1, -0.05) is 38.4 Å². The van der Waals surface area contributed by atoms with Crippen molar-refractivity contribution >= 4 is 17.6 Å². The Balaban J connectivity index is 2.36. The van der Waals surface area contributed by atoms with Gasteiger partial charge in [0.05, 0.1) is 19.8 Å². The fourth-order valence-electron chi connectivity index (χ4n) is 2.31. The van der Waals surface area contributed by atoms with E-state index in [1.165, 1.54) is 14.2 Å². The first-order valence-corrected chi connectivity index (χ1v) is 8.23. The number of halogens is 1. The Labute approximate surface area is 156 Å². The zero-order chi connectivity index (χ0) is 19.5. The highest BCUT2D eigenvalue weighted by atomic mass is 35.5. The van der Waals surface area contributed by atoms with Crippen molar-refractivity contribution in [3.63, 3.8) is 0 Å². The van der Waals surface area contributed by atoms with Crippen LogP contribution in [-0.2, 0) is 16.8 Å². The van der Waals surface area contributed by atoms with Gasteiger partial charge in [-0.05, 0) is 12.1 Å². The fourth-order valence-corrected chi connectivity index (χ4v) is 2.50. The Morgan fingerprint density at radius 2 is 1.96 bits per heavy atom. The topological polar surface area (TPSA) is 90.5 Å². The lowest BCUT2D eigenvalue weighted by Gasteiger charge is -2.21. The van der Waals surface area contributed by atoms with Gasteiger partial charge < -0.3 is 14.2 Å². The van der Waals surface area contributed by atoms with Crippen molar-refractivity contribution in [2.45, 2.75) is 32.8 Å². The molecule has 1 N–H and O–H groups in total. The average molecular weight is 381 g/mol. The molecule has 0 aliphatic carbocycles. The van der Waals surface area contributed by atoms with E-state index in [0.717, 1.165) is 0 Å². The van der Waals surface area contributed by atoms with Crippen LogP contribution in [0.3, 0.4) is 0 Å². The van der Waals surface area contributed by atoms with Crippen molar-refractivity contribution in [1.82, 2.24) is 10.2 Å². The summed E-state index contributed by atoms with van der Waals surface area (Å²) in [6.45, 7) is 5.88. The van der Waals surface area contributed by atoms with Gasteiger partial charge in [0.2, 0.25) is 0 Å². The van der Waals surface area contributed by atoms with Gasteiger partial charge in [-0.3, -0.25) is 4.79 Å². The normalized spacial score (nSPS) is 11.2. The van der Waals surface area contributed by atoms with Gasteiger partial charge in [-0.15, -0.1) is 0 Å². The Kier molecular flexibility index (Phi) is 5.92. The molecule has 0 fully saturated rings. The molecule has 0 saturated carbocycles. The Morgan fingerprint density at radius 1 is 1.27 bits per heavy atom. The van der Waals surface area contributed by atoms with E-state index < -0.39 is 11.5 Å². The number of ether oxygens (including phenoxy) is 3. The van der Waals surface area contributed by atoms with Crippen LogP contribution >= 0.6 is 11.6 Å². The Morgan fingerprint density at radius 3 is 2.54 bits per heavy atom. The molecular weight excluding hydrogens is 360 g/mol. The van der Waals surface area contributed by atoms with Crippen molar-refractivity contribution in [2.24, 2.45) is 0 Å². The Bertz CT molecular complexity index is 871. The monoisotopic (exact) mass is 380 g/mol. The smallest absolute Gasteiger partial charge is 0.337 e. The largest absolute Gasteiger partial charge is 0.496 e. The number of H-pyrrole nitrogens is 1. The maximum Gasteiger partial charge on any atom is 0.337 e. The molecule has 0 amide bonds. The molecule has 0 spiro atoms. The van der Waals surface area contributed by atoms with Crippen LogP contribution in [0.2, 0.25) is 5.02 Å². The average Bonchev–Trinajstić information content (AvgIpc) is 2.61. The molecule has 0 radical (unpaired) electrons. The van der Waals surface area contributed by atoms with Crippen LogP contribution in [0.15, 0.2) is 23.0 Å². The second kappa shape index (κ2) is 7.78. The highest BCUT2D eigenvalue weighted by molar-refractivity contribution is 6.31. The maximum atomic E-state index is 11.8. The highest BCUT2D eigenvalue weighted by Gasteiger charge is 2.25. The third kappa shape index (κ3) is 4.16. The van der Waals surface area contributed by atoms with E-state index in [-0.39, 0.29) is 22.8 Å². The number of benzene rings is 1. The number of aromatic nitrogens is 2. The molecule has 0 atom stereocenters. The Hall–Kier alpha value is -2.54. The van der Waals surface area contributed by atoms with Crippen LogP contribution in [0.5, 0.6) is 11.5 Å². The SMILES string of the molecule is COC(=O)c1ccc(COc2c(C(C)(C)C)n[nH]c(=O)c2Cl)c(OC)c1. The molecule has 1 heterocycles. The van der Waals surface area contributed by atoms with E-state index in [2.05, 4.69) is 10.2 Å². The third-order valence-corrected chi connectivity index (χ3v) is 4.02. The summed E-state index contributed by atoms with van der Waals surface area (Å²) in [5.74, 6) is 0.216. The van der Waals surface area contributed by atoms with Crippen LogP contribution in [0, 0.1) is 0 Å². The summed E-state index contributed by atoms with van der Waals surface area (Å²) in [6, 6.07) is 4.86. The lowest BCUT2D eigenvalue weighted by Crippen LogP contribution is -2.22. The van der Waals surface area contributed by atoms with Crippen LogP contribution in [0.4, 0.5) is 0 Å². The van der Waals surface area contributed by atoms with Crippen molar-refractivity contribution in [1.29, 1.82) is 0 Å². The van der Waals surface area contributed by atoms with Gasteiger partial charge in [0, 0.05) is 11.0 Å². The molecule has 26 heavy (non-hydrogen) atoms.